The first kappa shape index (κ1) is 26.7. The summed E-state index contributed by atoms with van der Waals surface area (Å²) >= 11 is 12.4. The lowest BCUT2D eigenvalue weighted by atomic mass is 10.00. The van der Waals surface area contributed by atoms with Crippen molar-refractivity contribution in [2.24, 2.45) is 0 Å². The number of unbranched alkanes of at least 4 members (excludes halogenated alkanes) is 4. The van der Waals surface area contributed by atoms with E-state index in [0.717, 1.165) is 25.0 Å². The molecule has 0 heterocycles. The minimum Gasteiger partial charge on any atom is -0.504 e. The quantitative estimate of drug-likeness (QED) is 0.210. The molecule has 0 spiro atoms. The fourth-order valence-electron chi connectivity index (χ4n) is 3.77. The average molecular weight is 481 g/mol. The molecule has 0 saturated carbocycles. The number of rotatable bonds is 14. The molecule has 178 valence electrons. The molecule has 32 heavy (non-hydrogen) atoms. The highest BCUT2D eigenvalue weighted by atomic mass is 35.5. The number of hydrogen-bond acceptors (Lipinski definition) is 3. The van der Waals surface area contributed by atoms with Crippen molar-refractivity contribution in [3.63, 3.8) is 0 Å². The number of ether oxygens (including phenoxy) is 1. The molecule has 2 N–H and O–H groups in total. The minimum absolute atomic E-state index is 0.0388. The Bertz CT molecular complexity index is 854. The van der Waals surface area contributed by atoms with Crippen molar-refractivity contribution >= 4 is 28.9 Å². The standard InChI is InChI=1S/C27H39Cl2NO2/c1-5-7-9-11-21-13-14-25(22(17-21)12-10-8-6-2)32-19(3)15-16-30-24-18-23(28)20(4)26(29)27(24)31/h13-14,17-19,30-31H,5-12,15-16H2,1-4H3. The van der Waals surface area contributed by atoms with Gasteiger partial charge in [-0.3, -0.25) is 0 Å². The third-order valence-electron chi connectivity index (χ3n) is 5.86. The highest BCUT2D eigenvalue weighted by Crippen LogP contribution is 2.38. The van der Waals surface area contributed by atoms with Crippen molar-refractivity contribution in [1.82, 2.24) is 0 Å². The van der Waals surface area contributed by atoms with Gasteiger partial charge < -0.3 is 15.2 Å². The summed E-state index contributed by atoms with van der Waals surface area (Å²) in [6, 6.07) is 8.43. The van der Waals surface area contributed by atoms with E-state index in [1.165, 1.54) is 49.7 Å². The lowest BCUT2D eigenvalue weighted by molar-refractivity contribution is 0.213. The van der Waals surface area contributed by atoms with E-state index >= 15 is 0 Å². The molecule has 0 aliphatic carbocycles. The van der Waals surface area contributed by atoms with Gasteiger partial charge in [-0.2, -0.15) is 0 Å². The number of nitrogens with one attached hydrogen (secondary N) is 1. The van der Waals surface area contributed by atoms with Gasteiger partial charge in [0.1, 0.15) is 5.75 Å². The smallest absolute Gasteiger partial charge is 0.157 e. The maximum Gasteiger partial charge on any atom is 0.157 e. The predicted molar refractivity (Wildman–Crippen MR) is 139 cm³/mol. The summed E-state index contributed by atoms with van der Waals surface area (Å²) in [6.07, 6.45) is 10.4. The van der Waals surface area contributed by atoms with Crippen LogP contribution in [0.5, 0.6) is 11.5 Å². The number of phenols is 1. The number of aryl methyl sites for hydroxylation is 2. The van der Waals surface area contributed by atoms with Gasteiger partial charge in [0.25, 0.3) is 0 Å². The van der Waals surface area contributed by atoms with Crippen molar-refractivity contribution in [2.75, 3.05) is 11.9 Å². The zero-order valence-corrected chi connectivity index (χ0v) is 21.6. The number of hydrogen-bond donors (Lipinski definition) is 2. The van der Waals surface area contributed by atoms with Crippen LogP contribution in [0.2, 0.25) is 10.0 Å². The molecule has 0 bridgehead atoms. The van der Waals surface area contributed by atoms with Crippen LogP contribution in [0.3, 0.4) is 0 Å². The Hall–Kier alpha value is -1.58. The zero-order chi connectivity index (χ0) is 23.5. The fourth-order valence-corrected chi connectivity index (χ4v) is 4.22. The highest BCUT2D eigenvalue weighted by molar-refractivity contribution is 6.37. The van der Waals surface area contributed by atoms with Gasteiger partial charge in [-0.25, -0.2) is 0 Å². The van der Waals surface area contributed by atoms with Gasteiger partial charge in [-0.15, -0.1) is 0 Å². The number of benzene rings is 2. The monoisotopic (exact) mass is 479 g/mol. The molecular weight excluding hydrogens is 441 g/mol. The molecule has 5 heteroatoms. The first-order chi connectivity index (χ1) is 15.4. The number of halogens is 2. The molecule has 0 fully saturated rings. The molecule has 0 aliphatic rings. The lowest BCUT2D eigenvalue weighted by Gasteiger charge is -2.19. The maximum atomic E-state index is 10.3. The van der Waals surface area contributed by atoms with Gasteiger partial charge in [-0.1, -0.05) is 74.9 Å². The van der Waals surface area contributed by atoms with Crippen LogP contribution in [-0.2, 0) is 12.8 Å². The first-order valence-electron chi connectivity index (χ1n) is 12.1. The van der Waals surface area contributed by atoms with E-state index in [4.69, 9.17) is 27.9 Å². The first-order valence-corrected chi connectivity index (χ1v) is 12.8. The summed E-state index contributed by atoms with van der Waals surface area (Å²) in [5.74, 6) is 1.04. The van der Waals surface area contributed by atoms with E-state index in [1.807, 2.05) is 0 Å². The van der Waals surface area contributed by atoms with E-state index in [0.29, 0.717) is 27.8 Å². The Morgan fingerprint density at radius 3 is 2.38 bits per heavy atom. The van der Waals surface area contributed by atoms with Gasteiger partial charge in [0.2, 0.25) is 0 Å². The molecule has 3 nitrogen and oxygen atoms in total. The van der Waals surface area contributed by atoms with Gasteiger partial charge in [0, 0.05) is 18.0 Å². The van der Waals surface area contributed by atoms with Crippen LogP contribution in [0.4, 0.5) is 5.69 Å². The SMILES string of the molecule is CCCCCc1ccc(OC(C)CCNc2cc(Cl)c(C)c(Cl)c2O)c(CCCCC)c1. The second-order valence-electron chi connectivity index (χ2n) is 8.69. The molecule has 0 radical (unpaired) electrons. The van der Waals surface area contributed by atoms with Crippen LogP contribution >= 0.6 is 23.2 Å². The van der Waals surface area contributed by atoms with E-state index in [9.17, 15) is 5.11 Å². The summed E-state index contributed by atoms with van der Waals surface area (Å²) in [6.45, 7) is 9.00. The molecule has 0 amide bonds. The Balaban J connectivity index is 1.97. The third-order valence-corrected chi connectivity index (χ3v) is 6.71. The van der Waals surface area contributed by atoms with Crippen LogP contribution in [0.15, 0.2) is 24.3 Å². The van der Waals surface area contributed by atoms with Crippen molar-refractivity contribution in [1.29, 1.82) is 0 Å². The van der Waals surface area contributed by atoms with Crippen molar-refractivity contribution in [3.8, 4) is 11.5 Å². The van der Waals surface area contributed by atoms with Crippen LogP contribution < -0.4 is 10.1 Å². The predicted octanol–water partition coefficient (Wildman–Crippen LogP) is 8.74. The summed E-state index contributed by atoms with van der Waals surface area (Å²) in [5, 5.41) is 14.3. The van der Waals surface area contributed by atoms with Crippen LogP contribution in [-0.4, -0.2) is 17.8 Å². The summed E-state index contributed by atoms with van der Waals surface area (Å²) in [4.78, 5) is 0. The molecule has 0 aliphatic heterocycles. The van der Waals surface area contributed by atoms with Crippen LogP contribution in [0.25, 0.3) is 0 Å². The Labute approximate surface area is 204 Å². The topological polar surface area (TPSA) is 41.5 Å². The second kappa shape index (κ2) is 13.9. The second-order valence-corrected chi connectivity index (χ2v) is 9.48. The van der Waals surface area contributed by atoms with Crippen molar-refractivity contribution < 1.29 is 9.84 Å². The molecule has 2 aromatic rings. The normalized spacial score (nSPS) is 12.1. The van der Waals surface area contributed by atoms with Gasteiger partial charge in [0.15, 0.2) is 5.75 Å². The lowest BCUT2D eigenvalue weighted by Crippen LogP contribution is -2.18. The van der Waals surface area contributed by atoms with Crippen LogP contribution in [0.1, 0.15) is 82.4 Å². The molecule has 1 atom stereocenters. The number of aromatic hydroxyl groups is 1. The molecular formula is C27H39Cl2NO2. The Kier molecular flexibility index (Phi) is 11.5. The molecule has 2 aromatic carbocycles. The molecule has 0 aromatic heterocycles. The van der Waals surface area contributed by atoms with E-state index < -0.39 is 0 Å². The van der Waals surface area contributed by atoms with Gasteiger partial charge in [-0.05, 0) is 68.4 Å². The molecule has 2 rings (SSSR count). The Morgan fingerprint density at radius 1 is 1.00 bits per heavy atom. The zero-order valence-electron chi connectivity index (χ0n) is 20.1. The highest BCUT2D eigenvalue weighted by Gasteiger charge is 2.14. The van der Waals surface area contributed by atoms with E-state index in [1.54, 1.807) is 13.0 Å². The van der Waals surface area contributed by atoms with Gasteiger partial charge in [0.05, 0.1) is 16.8 Å². The van der Waals surface area contributed by atoms with E-state index in [-0.39, 0.29) is 11.9 Å². The third kappa shape index (κ3) is 8.08. The number of anilines is 1. The summed E-state index contributed by atoms with van der Waals surface area (Å²) in [7, 11) is 0. The largest absolute Gasteiger partial charge is 0.504 e. The minimum atomic E-state index is 0.0388. The maximum absolute atomic E-state index is 10.3. The molecule has 0 saturated heterocycles. The fraction of sp³-hybridized carbons (Fsp3) is 0.556. The van der Waals surface area contributed by atoms with Crippen molar-refractivity contribution in [2.45, 2.75) is 91.6 Å². The summed E-state index contributed by atoms with van der Waals surface area (Å²) < 4.78 is 6.34. The van der Waals surface area contributed by atoms with Crippen molar-refractivity contribution in [3.05, 3.63) is 51.0 Å². The van der Waals surface area contributed by atoms with Crippen LogP contribution in [0, 0.1) is 6.92 Å². The summed E-state index contributed by atoms with van der Waals surface area (Å²) in [5.41, 5.74) is 3.97. The average Bonchev–Trinajstić information content (AvgIpc) is 2.77. The van der Waals surface area contributed by atoms with Gasteiger partial charge >= 0.3 is 0 Å². The van der Waals surface area contributed by atoms with E-state index in [2.05, 4.69) is 44.3 Å². The molecule has 1 unspecified atom stereocenters. The Morgan fingerprint density at radius 2 is 1.69 bits per heavy atom. The number of phenolic OH excluding ortho intramolecular Hbond substituents is 1.